The molecule has 12 aromatic rings. The average molecular weight is 1460 g/mol. The van der Waals surface area contributed by atoms with Gasteiger partial charge < -0.3 is 4.90 Å². The Morgan fingerprint density at radius 1 is 0.449 bits per heavy atom. The molecule has 3 aliphatic heterocycles. The monoisotopic (exact) mass is 1460 g/mol. The number of amides is 5. The summed E-state index contributed by atoms with van der Waals surface area (Å²) in [6, 6.07) is 77.5. The van der Waals surface area contributed by atoms with Crippen molar-refractivity contribution < 1.29 is 58.7 Å². The number of sulfonamides is 1. The molecule has 12 nitrogen and oxygen atoms in total. The van der Waals surface area contributed by atoms with Gasteiger partial charge in [0.15, 0.2) is 0 Å². The highest BCUT2D eigenvalue weighted by atomic mass is 32.2. The minimum Gasteiger partial charge on any atom is -0.363 e. The molecule has 0 atom stereocenters. The molecular weight excluding hydrogens is 1410 g/mol. The Bertz CT molecular complexity index is 5650. The first kappa shape index (κ1) is 72.3. The van der Waals surface area contributed by atoms with Crippen LogP contribution < -0.4 is 19.4 Å². The summed E-state index contributed by atoms with van der Waals surface area (Å²) >= 11 is 1.63. The number of hydrogen-bond acceptors (Lipinski definition) is 10. The van der Waals surface area contributed by atoms with Crippen LogP contribution in [-0.4, -0.2) is 42.9 Å². The number of alkyl halides is 6. The average Bonchev–Trinajstić information content (AvgIpc) is 1.61. The lowest BCUT2D eigenvalue weighted by atomic mass is 9.96. The first-order valence-corrected chi connectivity index (χ1v) is 35.8. The first-order chi connectivity index (χ1) is 51.4. The summed E-state index contributed by atoms with van der Waals surface area (Å²) in [5, 5.41) is 3.07. The number of carbonyl (C=O) groups is 5. The number of benzene rings is 11. The van der Waals surface area contributed by atoms with E-state index in [4.69, 9.17) is 4.98 Å². The summed E-state index contributed by atoms with van der Waals surface area (Å²) in [7, 11) is -3.98. The number of nitrogens with one attached hydrogen (secondary N) is 1. The maximum atomic E-state index is 13.6. The second-order valence-corrected chi connectivity index (χ2v) is 27.7. The number of anilines is 3. The highest BCUT2D eigenvalue weighted by Crippen LogP contribution is 2.40. The van der Waals surface area contributed by atoms with Crippen molar-refractivity contribution in [2.75, 3.05) is 14.7 Å². The molecule has 0 fully saturated rings. The summed E-state index contributed by atoms with van der Waals surface area (Å²) in [6.07, 6.45) is -8.91. The topological polar surface area (TPSA) is 154 Å². The van der Waals surface area contributed by atoms with Crippen LogP contribution >= 0.6 is 11.3 Å². The Morgan fingerprint density at radius 3 is 1.37 bits per heavy atom. The maximum Gasteiger partial charge on any atom is 0.416 e. The minimum absolute atomic E-state index is 0.0680. The van der Waals surface area contributed by atoms with Gasteiger partial charge in [-0.2, -0.15) is 26.3 Å². The van der Waals surface area contributed by atoms with E-state index in [-0.39, 0.29) is 21.9 Å². The Hall–Kier alpha value is -13.0. The van der Waals surface area contributed by atoms with Crippen molar-refractivity contribution in [3.63, 3.8) is 0 Å². The number of hydrogen-bond donors (Lipinski definition) is 1. The van der Waals surface area contributed by atoms with Crippen molar-refractivity contribution in [2.45, 2.75) is 50.1 Å². The zero-order chi connectivity index (χ0) is 75.2. The molecule has 1 aromatic heterocycles. The largest absolute Gasteiger partial charge is 0.416 e. The molecule has 0 unspecified atom stereocenters. The fourth-order valence-electron chi connectivity index (χ4n) is 12.2. The van der Waals surface area contributed by atoms with Gasteiger partial charge in [0.25, 0.3) is 39.6 Å². The third-order valence-electron chi connectivity index (χ3n) is 17.6. The van der Waals surface area contributed by atoms with Gasteiger partial charge in [0, 0.05) is 63.1 Å². The van der Waals surface area contributed by atoms with E-state index in [9.17, 15) is 58.7 Å². The van der Waals surface area contributed by atoms with Crippen LogP contribution in [0.1, 0.15) is 112 Å². The van der Waals surface area contributed by atoms with Gasteiger partial charge in [-0.05, 0) is 155 Å². The second kappa shape index (κ2) is 30.7. The maximum absolute atomic E-state index is 13.6. The number of thiazole rings is 1. The standard InChI is InChI=1S/C33H29N3O3S2.C31H18F3NO2.C23H12F3NO2/c1-22(2)23-13-15-30(16-14-23)41(38,39)35-32(37)26-11-12-27-19-36(20-28(27)17-26)29-10-6-9-25(18-29)31-21-40-33(34-31)24-7-4-3-5-8-24;32-31(33,34)25-15-7-9-21(19-25)17-18-22-10-8-16-26(20-22)35-29(36)27(23-11-3-1-4-12-23)28(30(35)37)24-13-5-2-6-14-24;24-23(25,26)17-7-3-5-15(13-17)11-12-16-6-4-8-18(14-16)27-21(28)19-9-1-2-10-20(19)22(27)29/h3-18,21-22H,19-20H2,1-2H3,(H,35,37);1-16,19-20H;1-10,13-14H. The Morgan fingerprint density at radius 2 is 0.879 bits per heavy atom. The minimum atomic E-state index is -4.46. The van der Waals surface area contributed by atoms with E-state index >= 15 is 0 Å². The molecule has 4 heterocycles. The number of rotatable bonds is 11. The number of fused-ring (bicyclic) bond motifs is 2. The molecule has 1 N–H and O–H groups in total. The van der Waals surface area contributed by atoms with Gasteiger partial charge >= 0.3 is 12.4 Å². The summed E-state index contributed by atoms with van der Waals surface area (Å²) in [4.78, 5) is 74.7. The Labute approximate surface area is 616 Å². The van der Waals surface area contributed by atoms with Crippen molar-refractivity contribution in [1.82, 2.24) is 9.71 Å². The summed E-state index contributed by atoms with van der Waals surface area (Å²) in [6.45, 7) is 5.40. The Balaban J connectivity index is 0.000000144. The van der Waals surface area contributed by atoms with Crippen LogP contribution in [-0.2, 0) is 45.1 Å². The molecule has 15 rings (SSSR count). The van der Waals surface area contributed by atoms with Crippen LogP contribution in [0.4, 0.5) is 43.4 Å². The number of aromatic nitrogens is 1. The smallest absolute Gasteiger partial charge is 0.363 e. The molecule has 11 aromatic carbocycles. The number of halogens is 6. The van der Waals surface area contributed by atoms with Crippen LogP contribution in [0, 0.1) is 23.7 Å². The lowest BCUT2D eigenvalue weighted by Crippen LogP contribution is -2.31. The molecule has 0 bridgehead atoms. The van der Waals surface area contributed by atoms with Crippen LogP contribution in [0.2, 0.25) is 0 Å². The highest BCUT2D eigenvalue weighted by molar-refractivity contribution is 7.90. The molecule has 0 saturated carbocycles. The molecule has 0 spiro atoms. The zero-order valence-corrected chi connectivity index (χ0v) is 58.5. The normalized spacial score (nSPS) is 13.2. The second-order valence-electron chi connectivity index (χ2n) is 25.1. The van der Waals surface area contributed by atoms with E-state index in [1.165, 1.54) is 36.4 Å². The third kappa shape index (κ3) is 16.4. The van der Waals surface area contributed by atoms with Gasteiger partial charge in [-0.3, -0.25) is 24.0 Å². The first-order valence-electron chi connectivity index (χ1n) is 33.4. The van der Waals surface area contributed by atoms with Gasteiger partial charge in [-0.15, -0.1) is 11.3 Å². The summed E-state index contributed by atoms with van der Waals surface area (Å²) in [5.74, 6) is 8.93. The van der Waals surface area contributed by atoms with Crippen LogP contribution in [0.25, 0.3) is 33.0 Å². The van der Waals surface area contributed by atoms with Crippen LogP contribution in [0.5, 0.6) is 0 Å². The molecule has 528 valence electrons. The third-order valence-corrected chi connectivity index (χ3v) is 19.8. The lowest BCUT2D eigenvalue weighted by Gasteiger charge is -2.18. The van der Waals surface area contributed by atoms with Gasteiger partial charge in [0.2, 0.25) is 0 Å². The molecule has 0 saturated heterocycles. The molecule has 5 amide bonds. The van der Waals surface area contributed by atoms with E-state index in [0.717, 1.165) is 78.3 Å². The highest BCUT2D eigenvalue weighted by Gasteiger charge is 2.41. The predicted octanol–water partition coefficient (Wildman–Crippen LogP) is 18.7. The molecule has 107 heavy (non-hydrogen) atoms. The van der Waals surface area contributed by atoms with Gasteiger partial charge in [0.1, 0.15) is 5.01 Å². The van der Waals surface area contributed by atoms with E-state index in [1.807, 2.05) is 56.3 Å². The fraction of sp³-hybridized carbons (Fsp3) is 0.0805. The van der Waals surface area contributed by atoms with Gasteiger partial charge in [0.05, 0.1) is 55.4 Å². The summed E-state index contributed by atoms with van der Waals surface area (Å²) < 4.78 is 105. The van der Waals surface area contributed by atoms with E-state index in [0.29, 0.717) is 74.6 Å². The SMILES string of the molecule is CC(C)c1ccc(S(=O)(=O)NC(=O)c2ccc3c(c2)CN(c2cccc(-c4csc(-c5ccccc5)n4)c2)C3)cc1.O=C1C(c2ccccc2)=C(c2ccccc2)C(=O)N1c1cccc(C#Cc2cccc(C(F)(F)F)c2)c1.O=C1c2ccccc2C(=O)N1c1cccc(C#Cc2cccc(C(F)(F)F)c2)c1. The fourth-order valence-corrected chi connectivity index (χ4v) is 14.0. The van der Waals surface area contributed by atoms with Crippen molar-refractivity contribution in [1.29, 1.82) is 0 Å². The van der Waals surface area contributed by atoms with Gasteiger partial charge in [-0.25, -0.2) is 27.9 Å². The van der Waals surface area contributed by atoms with E-state index in [1.54, 1.807) is 157 Å². The van der Waals surface area contributed by atoms with Crippen molar-refractivity contribution in [3.8, 4) is 45.5 Å². The van der Waals surface area contributed by atoms with E-state index in [2.05, 4.69) is 69.0 Å². The van der Waals surface area contributed by atoms with E-state index < -0.39 is 63.0 Å². The number of nitrogens with zero attached hydrogens (tertiary/aromatic N) is 4. The lowest BCUT2D eigenvalue weighted by molar-refractivity contribution is -0.138. The summed E-state index contributed by atoms with van der Waals surface area (Å²) in [5.41, 5.74) is 10.6. The van der Waals surface area contributed by atoms with Gasteiger partial charge in [-0.1, -0.05) is 195 Å². The molecule has 20 heteroatoms. The van der Waals surface area contributed by atoms with Crippen molar-refractivity contribution >= 4 is 79.1 Å². The quantitative estimate of drug-likeness (QED) is 0.0757. The number of imide groups is 2. The van der Waals surface area contributed by atoms with Crippen molar-refractivity contribution in [2.24, 2.45) is 0 Å². The molecule has 0 radical (unpaired) electrons. The van der Waals surface area contributed by atoms with Crippen LogP contribution in [0.15, 0.2) is 289 Å². The molecular formula is C87H59F6N5O7S2. The predicted molar refractivity (Wildman–Crippen MR) is 402 cm³/mol. The van der Waals surface area contributed by atoms with Crippen LogP contribution in [0.3, 0.4) is 0 Å². The number of carbonyl (C=O) groups excluding carboxylic acids is 5. The molecule has 3 aliphatic rings. The van der Waals surface area contributed by atoms with Crippen molar-refractivity contribution in [3.05, 3.63) is 362 Å². The zero-order valence-electron chi connectivity index (χ0n) is 56.9. The Kier molecular flexibility index (Phi) is 20.8. The molecule has 0 aliphatic carbocycles.